The number of amides is 1. The third kappa shape index (κ3) is 2.81. The van der Waals surface area contributed by atoms with Crippen molar-refractivity contribution in [3.63, 3.8) is 0 Å². The Morgan fingerprint density at radius 2 is 2.19 bits per heavy atom. The first-order chi connectivity index (χ1) is 7.41. The summed E-state index contributed by atoms with van der Waals surface area (Å²) in [6, 6.07) is 0. The van der Waals surface area contributed by atoms with Gasteiger partial charge in [0.15, 0.2) is 11.9 Å². The van der Waals surface area contributed by atoms with Crippen molar-refractivity contribution in [1.29, 1.82) is 0 Å². The first-order valence-electron chi connectivity index (χ1n) is 5.19. The molecule has 0 bridgehead atoms. The zero-order valence-corrected chi connectivity index (χ0v) is 10.2. The predicted molar refractivity (Wildman–Crippen MR) is 58.4 cm³/mol. The molecule has 5 heteroatoms. The van der Waals surface area contributed by atoms with Gasteiger partial charge in [0.1, 0.15) is 0 Å². The van der Waals surface area contributed by atoms with Crippen LogP contribution in [0.5, 0.6) is 0 Å². The number of hydroxylamine groups is 2. The molecule has 0 unspecified atom stereocenters. The molecule has 0 radical (unpaired) electrons. The molecule has 92 valence electrons. The topological polar surface area (TPSA) is 48.0 Å². The number of nitrogens with zero attached hydrogens (tertiary/aromatic N) is 1. The molecule has 0 spiro atoms. The average molecular weight is 229 g/mol. The number of hydrogen-bond acceptors (Lipinski definition) is 4. The molecule has 16 heavy (non-hydrogen) atoms. The maximum Gasteiger partial charge on any atom is 0.277 e. The lowest BCUT2D eigenvalue weighted by Crippen LogP contribution is -2.41. The molecular formula is C11H19NO4. The monoisotopic (exact) mass is 229 g/mol. The maximum absolute atomic E-state index is 11.9. The molecule has 0 N–H and O–H groups in total. The van der Waals surface area contributed by atoms with Crippen LogP contribution in [-0.4, -0.2) is 43.1 Å². The molecule has 1 saturated heterocycles. The van der Waals surface area contributed by atoms with Crippen molar-refractivity contribution < 1.29 is 19.1 Å². The molecular weight excluding hydrogens is 210 g/mol. The Kier molecular flexibility index (Phi) is 4.07. The van der Waals surface area contributed by atoms with Gasteiger partial charge in [-0.05, 0) is 20.3 Å². The average Bonchev–Trinajstić information content (AvgIpc) is 2.52. The van der Waals surface area contributed by atoms with E-state index in [-0.39, 0.29) is 12.0 Å². The van der Waals surface area contributed by atoms with Crippen LogP contribution in [0.3, 0.4) is 0 Å². The fraction of sp³-hybridized carbons (Fsp3) is 0.727. The standard InChI is InChI=1S/C11H19NO4/c1-6-7-8-9(10(13)12(4)14-5)16-11(2,3)15-8/h6,8-9H,1,7H2,2-5H3/t8-,9-/m0/s1. The Balaban J connectivity index is 2.76. The molecule has 1 amide bonds. The normalized spacial score (nSPS) is 27.8. The minimum absolute atomic E-state index is 0.250. The molecule has 1 heterocycles. The SMILES string of the molecule is C=CC[C@@H]1OC(C)(C)O[C@@H]1C(=O)N(C)OC. The summed E-state index contributed by atoms with van der Waals surface area (Å²) in [6.07, 6.45) is 1.33. The third-order valence-electron chi connectivity index (χ3n) is 2.41. The number of rotatable bonds is 4. The lowest BCUT2D eigenvalue weighted by molar-refractivity contribution is -0.187. The van der Waals surface area contributed by atoms with Crippen molar-refractivity contribution in [2.75, 3.05) is 14.2 Å². The molecule has 0 aromatic carbocycles. The van der Waals surface area contributed by atoms with Crippen LogP contribution in [0.25, 0.3) is 0 Å². The van der Waals surface area contributed by atoms with Crippen molar-refractivity contribution in [3.8, 4) is 0 Å². The van der Waals surface area contributed by atoms with Crippen LogP contribution in [0, 0.1) is 0 Å². The zero-order valence-electron chi connectivity index (χ0n) is 10.2. The van der Waals surface area contributed by atoms with E-state index in [1.165, 1.54) is 7.11 Å². The van der Waals surface area contributed by atoms with Crippen LogP contribution >= 0.6 is 0 Å². The molecule has 0 aromatic rings. The van der Waals surface area contributed by atoms with E-state index in [4.69, 9.17) is 14.3 Å². The Hall–Kier alpha value is -0.910. The highest BCUT2D eigenvalue weighted by molar-refractivity contribution is 5.80. The Morgan fingerprint density at radius 1 is 1.56 bits per heavy atom. The summed E-state index contributed by atoms with van der Waals surface area (Å²) in [5, 5.41) is 1.14. The van der Waals surface area contributed by atoms with E-state index in [9.17, 15) is 4.79 Å². The third-order valence-corrected chi connectivity index (χ3v) is 2.41. The summed E-state index contributed by atoms with van der Waals surface area (Å²) in [5.41, 5.74) is 0. The van der Waals surface area contributed by atoms with Crippen LogP contribution in [0.4, 0.5) is 0 Å². The van der Waals surface area contributed by atoms with Gasteiger partial charge in [-0.25, -0.2) is 5.06 Å². The molecule has 2 atom stereocenters. The zero-order chi connectivity index (χ0) is 12.3. The van der Waals surface area contributed by atoms with E-state index in [2.05, 4.69) is 6.58 Å². The van der Waals surface area contributed by atoms with Gasteiger partial charge in [0.05, 0.1) is 13.2 Å². The van der Waals surface area contributed by atoms with Crippen LogP contribution in [-0.2, 0) is 19.1 Å². The van der Waals surface area contributed by atoms with Gasteiger partial charge in [-0.3, -0.25) is 9.63 Å². The highest BCUT2D eigenvalue weighted by Crippen LogP contribution is 2.30. The minimum atomic E-state index is -0.747. The maximum atomic E-state index is 11.9. The summed E-state index contributed by atoms with van der Waals surface area (Å²) >= 11 is 0. The highest BCUT2D eigenvalue weighted by atomic mass is 16.8. The summed E-state index contributed by atoms with van der Waals surface area (Å²) in [6.45, 7) is 7.20. The second-order valence-corrected chi connectivity index (χ2v) is 4.14. The van der Waals surface area contributed by atoms with Gasteiger partial charge in [0.2, 0.25) is 0 Å². The number of carbonyl (C=O) groups excluding carboxylic acids is 1. The van der Waals surface area contributed by atoms with Gasteiger partial charge in [-0.1, -0.05) is 6.08 Å². The molecule has 0 aliphatic carbocycles. The van der Waals surface area contributed by atoms with E-state index in [0.29, 0.717) is 6.42 Å². The summed E-state index contributed by atoms with van der Waals surface area (Å²) in [4.78, 5) is 16.8. The number of hydrogen-bond donors (Lipinski definition) is 0. The van der Waals surface area contributed by atoms with Gasteiger partial charge in [-0.2, -0.15) is 0 Å². The van der Waals surface area contributed by atoms with Gasteiger partial charge >= 0.3 is 0 Å². The van der Waals surface area contributed by atoms with E-state index < -0.39 is 11.9 Å². The molecule has 0 aromatic heterocycles. The lowest BCUT2D eigenvalue weighted by atomic mass is 10.1. The predicted octanol–water partition coefficient (Wildman–Crippen LogP) is 1.10. The molecule has 1 aliphatic heterocycles. The van der Waals surface area contributed by atoms with E-state index in [1.807, 2.05) is 0 Å². The summed E-state index contributed by atoms with van der Waals surface area (Å²) in [5.74, 6) is -0.998. The van der Waals surface area contributed by atoms with Gasteiger partial charge < -0.3 is 9.47 Å². The Morgan fingerprint density at radius 3 is 2.69 bits per heavy atom. The minimum Gasteiger partial charge on any atom is -0.344 e. The second-order valence-electron chi connectivity index (χ2n) is 4.14. The van der Waals surface area contributed by atoms with E-state index in [0.717, 1.165) is 5.06 Å². The quantitative estimate of drug-likeness (QED) is 0.535. The Bertz CT molecular complexity index is 277. The number of likely N-dealkylation sites (N-methyl/N-ethyl adjacent to an activating group) is 1. The smallest absolute Gasteiger partial charge is 0.277 e. The van der Waals surface area contributed by atoms with Crippen molar-refractivity contribution >= 4 is 5.91 Å². The van der Waals surface area contributed by atoms with Gasteiger partial charge in [0.25, 0.3) is 5.91 Å². The molecule has 1 rings (SSSR count). The fourth-order valence-corrected chi connectivity index (χ4v) is 1.65. The van der Waals surface area contributed by atoms with Crippen LogP contribution in [0.2, 0.25) is 0 Å². The van der Waals surface area contributed by atoms with E-state index >= 15 is 0 Å². The summed E-state index contributed by atoms with van der Waals surface area (Å²) < 4.78 is 11.2. The summed E-state index contributed by atoms with van der Waals surface area (Å²) in [7, 11) is 2.98. The van der Waals surface area contributed by atoms with Crippen molar-refractivity contribution in [3.05, 3.63) is 12.7 Å². The molecule has 5 nitrogen and oxygen atoms in total. The number of carbonyl (C=O) groups is 1. The van der Waals surface area contributed by atoms with E-state index in [1.54, 1.807) is 27.0 Å². The molecule has 0 saturated carbocycles. The fourth-order valence-electron chi connectivity index (χ4n) is 1.65. The largest absolute Gasteiger partial charge is 0.344 e. The van der Waals surface area contributed by atoms with Crippen LogP contribution in [0.1, 0.15) is 20.3 Å². The molecule has 1 aliphatic rings. The lowest BCUT2D eigenvalue weighted by Gasteiger charge is -2.20. The Labute approximate surface area is 95.9 Å². The van der Waals surface area contributed by atoms with Gasteiger partial charge in [0, 0.05) is 7.05 Å². The molecule has 1 fully saturated rings. The van der Waals surface area contributed by atoms with Crippen molar-refractivity contribution in [1.82, 2.24) is 5.06 Å². The van der Waals surface area contributed by atoms with Crippen molar-refractivity contribution in [2.24, 2.45) is 0 Å². The second kappa shape index (κ2) is 4.95. The van der Waals surface area contributed by atoms with Gasteiger partial charge in [-0.15, -0.1) is 6.58 Å². The first-order valence-corrected chi connectivity index (χ1v) is 5.19. The van der Waals surface area contributed by atoms with Crippen molar-refractivity contribution in [2.45, 2.75) is 38.3 Å². The highest BCUT2D eigenvalue weighted by Gasteiger charge is 2.45. The van der Waals surface area contributed by atoms with Crippen LogP contribution in [0.15, 0.2) is 12.7 Å². The first kappa shape index (κ1) is 13.2. The number of ether oxygens (including phenoxy) is 2. The van der Waals surface area contributed by atoms with Crippen LogP contribution < -0.4 is 0 Å².